The van der Waals surface area contributed by atoms with E-state index < -0.39 is 0 Å². The van der Waals surface area contributed by atoms with Crippen molar-refractivity contribution in [2.24, 2.45) is 0 Å². The summed E-state index contributed by atoms with van der Waals surface area (Å²) in [4.78, 5) is 14.6. The van der Waals surface area contributed by atoms with Crippen molar-refractivity contribution >= 4 is 17.3 Å². The number of nitrogens with two attached hydrogens (primary N) is 1. The molecule has 1 aliphatic heterocycles. The van der Waals surface area contributed by atoms with Gasteiger partial charge in [0.15, 0.2) is 0 Å². The van der Waals surface area contributed by atoms with Crippen molar-refractivity contribution < 1.29 is 4.79 Å². The molecule has 116 valence electrons. The van der Waals surface area contributed by atoms with E-state index in [1.807, 2.05) is 31.1 Å². The summed E-state index contributed by atoms with van der Waals surface area (Å²) in [5, 5.41) is 2.08. The maximum atomic E-state index is 12.6. The van der Waals surface area contributed by atoms with E-state index in [-0.39, 0.29) is 5.91 Å². The maximum absolute atomic E-state index is 12.6. The van der Waals surface area contributed by atoms with Crippen molar-refractivity contribution in [3.63, 3.8) is 0 Å². The van der Waals surface area contributed by atoms with Gasteiger partial charge in [-0.2, -0.15) is 0 Å². The highest BCUT2D eigenvalue weighted by Gasteiger charge is 2.27. The summed E-state index contributed by atoms with van der Waals surface area (Å²) in [6.45, 7) is 4.31. The highest BCUT2D eigenvalue weighted by molar-refractivity contribution is 6.00. The summed E-state index contributed by atoms with van der Waals surface area (Å²) in [7, 11) is 3.85. The molecular formula is C16H26N4O. The molecule has 0 aromatic heterocycles. The number of amides is 1. The van der Waals surface area contributed by atoms with Crippen LogP contribution in [-0.2, 0) is 0 Å². The summed E-state index contributed by atoms with van der Waals surface area (Å²) in [6, 6.07) is 6.17. The monoisotopic (exact) mass is 290 g/mol. The second-order valence-electron chi connectivity index (χ2n) is 6.15. The second-order valence-corrected chi connectivity index (χ2v) is 6.15. The summed E-state index contributed by atoms with van der Waals surface area (Å²) < 4.78 is 0. The lowest BCUT2D eigenvalue weighted by atomic mass is 10.00. The molecule has 2 rings (SSSR count). The first-order valence-electron chi connectivity index (χ1n) is 7.56. The first-order chi connectivity index (χ1) is 9.90. The lowest BCUT2D eigenvalue weighted by Crippen LogP contribution is -2.54. The smallest absolute Gasteiger partial charge is 0.267 e. The van der Waals surface area contributed by atoms with E-state index in [4.69, 9.17) is 5.73 Å². The van der Waals surface area contributed by atoms with Crippen LogP contribution in [0, 0.1) is 0 Å². The van der Waals surface area contributed by atoms with Crippen LogP contribution in [0.1, 0.15) is 43.5 Å². The third-order valence-electron chi connectivity index (χ3n) is 4.17. The van der Waals surface area contributed by atoms with Gasteiger partial charge in [-0.15, -0.1) is 0 Å². The number of hydrazine groups is 1. The van der Waals surface area contributed by atoms with Crippen LogP contribution in [0.25, 0.3) is 0 Å². The zero-order valence-corrected chi connectivity index (χ0v) is 13.4. The normalized spacial score (nSPS) is 22.9. The molecule has 5 heteroatoms. The Kier molecular flexibility index (Phi) is 4.73. The predicted molar refractivity (Wildman–Crippen MR) is 87.3 cm³/mol. The predicted octanol–water partition coefficient (Wildman–Crippen LogP) is 2.24. The molecule has 0 radical (unpaired) electrons. The minimum Gasteiger partial charge on any atom is -0.399 e. The van der Waals surface area contributed by atoms with Gasteiger partial charge in [0, 0.05) is 37.6 Å². The van der Waals surface area contributed by atoms with E-state index in [0.717, 1.165) is 18.5 Å². The highest BCUT2D eigenvalue weighted by atomic mass is 16.2. The number of hydrogen-bond donors (Lipinski definition) is 2. The number of nitrogens with zero attached hydrogens (tertiary/aromatic N) is 2. The summed E-state index contributed by atoms with van der Waals surface area (Å²) in [5.41, 5.74) is 11.0. The van der Waals surface area contributed by atoms with Crippen molar-refractivity contribution in [2.75, 3.05) is 24.7 Å². The quantitative estimate of drug-likeness (QED) is 0.838. The van der Waals surface area contributed by atoms with Crippen molar-refractivity contribution in [1.29, 1.82) is 0 Å². The number of nitrogens with one attached hydrogen (secondary N) is 1. The van der Waals surface area contributed by atoms with Crippen molar-refractivity contribution in [2.45, 2.75) is 45.2 Å². The molecule has 3 N–H and O–H groups in total. The summed E-state index contributed by atoms with van der Waals surface area (Å²) >= 11 is 0. The maximum Gasteiger partial charge on any atom is 0.267 e. The molecule has 1 aromatic carbocycles. The fourth-order valence-corrected chi connectivity index (χ4v) is 2.94. The molecule has 0 bridgehead atoms. The number of hydrogen-bond acceptors (Lipinski definition) is 4. The van der Waals surface area contributed by atoms with Crippen LogP contribution in [0.5, 0.6) is 0 Å². The molecule has 1 aliphatic rings. The van der Waals surface area contributed by atoms with Gasteiger partial charge in [-0.05, 0) is 44.9 Å². The molecule has 0 aliphatic carbocycles. The van der Waals surface area contributed by atoms with Crippen LogP contribution in [-0.4, -0.2) is 37.1 Å². The number of carbonyl (C=O) groups excluding carboxylic acids is 1. The second kappa shape index (κ2) is 6.35. The highest BCUT2D eigenvalue weighted by Crippen LogP contribution is 2.24. The molecule has 0 saturated carbocycles. The number of carbonyl (C=O) groups is 1. The van der Waals surface area contributed by atoms with Crippen LogP contribution in [0.4, 0.5) is 11.4 Å². The Hall–Kier alpha value is -1.75. The van der Waals surface area contributed by atoms with Crippen molar-refractivity contribution in [1.82, 2.24) is 10.4 Å². The van der Waals surface area contributed by atoms with Gasteiger partial charge in [-0.25, -0.2) is 5.01 Å². The van der Waals surface area contributed by atoms with Crippen LogP contribution in [0.2, 0.25) is 0 Å². The summed E-state index contributed by atoms with van der Waals surface area (Å²) in [6.07, 6.45) is 3.44. The van der Waals surface area contributed by atoms with Crippen LogP contribution in [0.15, 0.2) is 18.2 Å². The van der Waals surface area contributed by atoms with Gasteiger partial charge in [0.05, 0.1) is 5.56 Å². The Morgan fingerprint density at radius 2 is 1.90 bits per heavy atom. The Balaban J connectivity index is 2.22. The van der Waals surface area contributed by atoms with Crippen molar-refractivity contribution in [3.8, 4) is 0 Å². The molecule has 2 atom stereocenters. The van der Waals surface area contributed by atoms with E-state index in [2.05, 4.69) is 24.3 Å². The molecule has 5 nitrogen and oxygen atoms in total. The van der Waals surface area contributed by atoms with Gasteiger partial charge in [0.2, 0.25) is 0 Å². The third-order valence-corrected chi connectivity index (χ3v) is 4.17. The Morgan fingerprint density at radius 1 is 1.29 bits per heavy atom. The van der Waals surface area contributed by atoms with E-state index in [1.165, 1.54) is 6.42 Å². The van der Waals surface area contributed by atoms with Gasteiger partial charge >= 0.3 is 0 Å². The Bertz CT molecular complexity index is 505. The Morgan fingerprint density at radius 3 is 2.48 bits per heavy atom. The molecule has 1 heterocycles. The number of anilines is 2. The fourth-order valence-electron chi connectivity index (χ4n) is 2.94. The lowest BCUT2D eigenvalue weighted by Gasteiger charge is -2.38. The van der Waals surface area contributed by atoms with E-state index in [9.17, 15) is 4.79 Å². The molecule has 1 saturated heterocycles. The van der Waals surface area contributed by atoms with Crippen LogP contribution in [0.3, 0.4) is 0 Å². The minimum atomic E-state index is -0.0911. The zero-order valence-electron chi connectivity index (χ0n) is 13.4. The summed E-state index contributed by atoms with van der Waals surface area (Å²) in [5.74, 6) is -0.0911. The average Bonchev–Trinajstić information content (AvgIpc) is 2.42. The molecule has 21 heavy (non-hydrogen) atoms. The molecule has 2 unspecified atom stereocenters. The first-order valence-corrected chi connectivity index (χ1v) is 7.56. The molecule has 1 amide bonds. The van der Waals surface area contributed by atoms with Crippen LogP contribution >= 0.6 is 0 Å². The molecule has 1 fully saturated rings. The Labute approximate surface area is 127 Å². The van der Waals surface area contributed by atoms with Crippen LogP contribution < -0.4 is 16.1 Å². The largest absolute Gasteiger partial charge is 0.399 e. The number of nitrogen functional groups attached to an aromatic ring is 1. The SMILES string of the molecule is CC1CCCC(C)N1NC(=O)c1cc(N)ccc1N(C)C. The third kappa shape index (κ3) is 3.47. The zero-order chi connectivity index (χ0) is 15.6. The lowest BCUT2D eigenvalue weighted by molar-refractivity contribution is 0.0370. The fraction of sp³-hybridized carbons (Fsp3) is 0.562. The van der Waals surface area contributed by atoms with E-state index >= 15 is 0 Å². The topological polar surface area (TPSA) is 61.6 Å². The number of benzene rings is 1. The van der Waals surface area contributed by atoms with E-state index in [1.54, 1.807) is 6.07 Å². The van der Waals surface area contributed by atoms with Gasteiger partial charge in [-0.1, -0.05) is 6.42 Å². The minimum absolute atomic E-state index is 0.0911. The number of rotatable bonds is 3. The van der Waals surface area contributed by atoms with Gasteiger partial charge < -0.3 is 10.6 Å². The van der Waals surface area contributed by atoms with Gasteiger partial charge in [0.25, 0.3) is 5.91 Å². The molecule has 1 aromatic rings. The number of piperidine rings is 1. The standard InChI is InChI=1S/C16H26N4O/c1-11-6-5-7-12(2)20(11)18-16(21)14-10-13(17)8-9-15(14)19(3)4/h8-12H,5-7,17H2,1-4H3,(H,18,21). The first kappa shape index (κ1) is 15.6. The molecular weight excluding hydrogens is 264 g/mol. The van der Waals surface area contributed by atoms with Gasteiger partial charge in [-0.3, -0.25) is 10.2 Å². The molecule has 0 spiro atoms. The van der Waals surface area contributed by atoms with Crippen molar-refractivity contribution in [3.05, 3.63) is 23.8 Å². The van der Waals surface area contributed by atoms with E-state index in [0.29, 0.717) is 23.3 Å². The average molecular weight is 290 g/mol. The van der Waals surface area contributed by atoms with Gasteiger partial charge in [0.1, 0.15) is 0 Å².